The smallest absolute Gasteiger partial charge is 0.326 e. The van der Waals surface area contributed by atoms with Crippen LogP contribution in [0.25, 0.3) is 0 Å². The van der Waals surface area contributed by atoms with Crippen molar-refractivity contribution in [1.82, 2.24) is 4.72 Å². The van der Waals surface area contributed by atoms with E-state index in [1.807, 2.05) is 35.1 Å². The molecule has 2 aromatic carbocycles. The number of rotatable bonds is 2. The maximum Gasteiger partial charge on any atom is 0.326 e. The average Bonchev–Trinajstić information content (AvgIpc) is 2.86. The number of hydrogen-bond acceptors (Lipinski definition) is 4. The Morgan fingerprint density at radius 1 is 1.08 bits per heavy atom. The summed E-state index contributed by atoms with van der Waals surface area (Å²) in [6, 6.07) is 14.4. The van der Waals surface area contributed by atoms with Gasteiger partial charge in [-0.2, -0.15) is 8.42 Å². The number of anilines is 1. The van der Waals surface area contributed by atoms with Crippen LogP contribution in [0.2, 0.25) is 0 Å². The Kier molecular flexibility index (Phi) is 4.15. The van der Waals surface area contributed by atoms with Crippen molar-refractivity contribution in [3.8, 4) is 17.6 Å². The van der Waals surface area contributed by atoms with Crippen molar-refractivity contribution < 1.29 is 17.9 Å². The number of carbonyl (C=O) groups is 1. The Hall–Kier alpha value is -2.98. The third-order valence-corrected chi connectivity index (χ3v) is 4.78. The SMILES string of the molecule is COc1ccc(C#Cc2ccccc2)cc1N1CC(=O)NS1(=O)=O. The Morgan fingerprint density at radius 3 is 2.42 bits per heavy atom. The monoisotopic (exact) mass is 342 g/mol. The summed E-state index contributed by atoms with van der Waals surface area (Å²) in [5.74, 6) is 5.75. The summed E-state index contributed by atoms with van der Waals surface area (Å²) in [6.07, 6.45) is 0. The van der Waals surface area contributed by atoms with E-state index in [4.69, 9.17) is 4.74 Å². The molecular weight excluding hydrogens is 328 g/mol. The number of methoxy groups -OCH3 is 1. The summed E-state index contributed by atoms with van der Waals surface area (Å²) in [5.41, 5.74) is 1.74. The first kappa shape index (κ1) is 15.9. The second kappa shape index (κ2) is 6.26. The molecule has 1 heterocycles. The lowest BCUT2D eigenvalue weighted by Gasteiger charge is -2.18. The second-order valence-corrected chi connectivity index (χ2v) is 6.63. The Morgan fingerprint density at radius 2 is 1.79 bits per heavy atom. The van der Waals surface area contributed by atoms with Crippen molar-refractivity contribution in [2.45, 2.75) is 0 Å². The van der Waals surface area contributed by atoms with Gasteiger partial charge in [-0.15, -0.1) is 0 Å². The van der Waals surface area contributed by atoms with Crippen LogP contribution < -0.4 is 13.8 Å². The van der Waals surface area contributed by atoms with E-state index in [-0.39, 0.29) is 12.2 Å². The average molecular weight is 342 g/mol. The maximum atomic E-state index is 12.0. The zero-order valence-corrected chi connectivity index (χ0v) is 13.6. The topological polar surface area (TPSA) is 75.7 Å². The summed E-state index contributed by atoms with van der Waals surface area (Å²) in [4.78, 5) is 11.4. The lowest BCUT2D eigenvalue weighted by Crippen LogP contribution is -2.29. The minimum Gasteiger partial charge on any atom is -0.495 e. The molecule has 0 atom stereocenters. The molecule has 1 fully saturated rings. The highest BCUT2D eigenvalue weighted by Crippen LogP contribution is 2.32. The van der Waals surface area contributed by atoms with Crippen LogP contribution in [0.1, 0.15) is 11.1 Å². The van der Waals surface area contributed by atoms with Crippen molar-refractivity contribution >= 4 is 21.8 Å². The van der Waals surface area contributed by atoms with E-state index in [1.54, 1.807) is 18.2 Å². The first-order valence-corrected chi connectivity index (χ1v) is 8.52. The molecule has 6 nitrogen and oxygen atoms in total. The molecule has 7 heteroatoms. The van der Waals surface area contributed by atoms with Gasteiger partial charge < -0.3 is 4.74 Å². The summed E-state index contributed by atoms with van der Waals surface area (Å²) in [6.45, 7) is -0.283. The Bertz CT molecular complexity index is 944. The molecule has 1 N–H and O–H groups in total. The van der Waals surface area contributed by atoms with Gasteiger partial charge in [0.2, 0.25) is 0 Å². The number of nitrogens with zero attached hydrogens (tertiary/aromatic N) is 1. The van der Waals surface area contributed by atoms with Crippen LogP contribution in [0, 0.1) is 11.8 Å². The number of benzene rings is 2. The lowest BCUT2D eigenvalue weighted by molar-refractivity contribution is -0.117. The predicted molar refractivity (Wildman–Crippen MR) is 89.8 cm³/mol. The van der Waals surface area contributed by atoms with Crippen molar-refractivity contribution in [3.05, 3.63) is 59.7 Å². The highest BCUT2D eigenvalue weighted by atomic mass is 32.2. The van der Waals surface area contributed by atoms with Crippen molar-refractivity contribution in [2.75, 3.05) is 18.0 Å². The zero-order chi connectivity index (χ0) is 17.2. The number of amides is 1. The zero-order valence-electron chi connectivity index (χ0n) is 12.8. The molecule has 0 radical (unpaired) electrons. The fourth-order valence-corrected chi connectivity index (χ4v) is 3.44. The van der Waals surface area contributed by atoms with Crippen molar-refractivity contribution in [1.29, 1.82) is 0 Å². The van der Waals surface area contributed by atoms with Gasteiger partial charge in [-0.05, 0) is 30.3 Å². The maximum absolute atomic E-state index is 12.0. The number of carbonyl (C=O) groups excluding carboxylic acids is 1. The van der Waals surface area contributed by atoms with Gasteiger partial charge >= 0.3 is 10.2 Å². The van der Waals surface area contributed by atoms with E-state index in [1.165, 1.54) is 7.11 Å². The molecule has 2 aromatic rings. The van der Waals surface area contributed by atoms with E-state index in [0.29, 0.717) is 11.3 Å². The summed E-state index contributed by atoms with van der Waals surface area (Å²) in [5, 5.41) is 0. The molecule has 122 valence electrons. The van der Waals surface area contributed by atoms with Gasteiger partial charge in [-0.1, -0.05) is 30.0 Å². The van der Waals surface area contributed by atoms with Crippen LogP contribution in [-0.4, -0.2) is 28.0 Å². The molecule has 24 heavy (non-hydrogen) atoms. The molecule has 0 aliphatic carbocycles. The van der Waals surface area contributed by atoms with Gasteiger partial charge in [0.05, 0.1) is 12.8 Å². The van der Waals surface area contributed by atoms with Crippen LogP contribution in [0.3, 0.4) is 0 Å². The van der Waals surface area contributed by atoms with Gasteiger partial charge in [0.15, 0.2) is 0 Å². The standard InChI is InChI=1S/C17H14N2O4S/c1-23-16-10-9-14(8-7-13-5-3-2-4-6-13)11-15(16)19-12-17(20)18-24(19,21)22/h2-6,9-11H,12H2,1H3,(H,18,20). The molecule has 1 aliphatic rings. The summed E-state index contributed by atoms with van der Waals surface area (Å²) >= 11 is 0. The molecule has 1 aliphatic heterocycles. The molecule has 0 saturated carbocycles. The van der Waals surface area contributed by atoms with Gasteiger partial charge in [0, 0.05) is 11.1 Å². The molecule has 0 unspecified atom stereocenters. The van der Waals surface area contributed by atoms with Crippen LogP contribution in [0.15, 0.2) is 48.5 Å². The first-order valence-electron chi connectivity index (χ1n) is 7.08. The first-order chi connectivity index (χ1) is 11.5. The molecule has 1 saturated heterocycles. The number of ether oxygens (including phenoxy) is 1. The predicted octanol–water partition coefficient (Wildman–Crippen LogP) is 1.28. The van der Waals surface area contributed by atoms with Crippen LogP contribution in [-0.2, 0) is 15.0 Å². The van der Waals surface area contributed by atoms with E-state index in [0.717, 1.165) is 9.87 Å². The number of hydrogen-bond donors (Lipinski definition) is 1. The minimum absolute atomic E-state index is 0.274. The molecule has 0 aromatic heterocycles. The molecule has 0 spiro atoms. The normalized spacial score (nSPS) is 15.4. The van der Waals surface area contributed by atoms with Gasteiger partial charge in [-0.25, -0.2) is 9.03 Å². The minimum atomic E-state index is -3.90. The molecular formula is C17H14N2O4S. The van der Waals surface area contributed by atoms with Crippen LogP contribution in [0.4, 0.5) is 5.69 Å². The van der Waals surface area contributed by atoms with Crippen LogP contribution >= 0.6 is 0 Å². The van der Waals surface area contributed by atoms with Crippen LogP contribution in [0.5, 0.6) is 5.75 Å². The third kappa shape index (κ3) is 3.19. The van der Waals surface area contributed by atoms with Gasteiger partial charge in [-0.3, -0.25) is 4.79 Å². The van der Waals surface area contributed by atoms with Gasteiger partial charge in [0.1, 0.15) is 12.3 Å². The van der Waals surface area contributed by atoms with E-state index < -0.39 is 16.1 Å². The summed E-state index contributed by atoms with van der Waals surface area (Å²) < 4.78 is 32.2. The van der Waals surface area contributed by atoms with E-state index in [2.05, 4.69) is 11.8 Å². The third-order valence-electron chi connectivity index (χ3n) is 3.39. The Labute approximate surface area is 140 Å². The highest BCUT2D eigenvalue weighted by molar-refractivity contribution is 7.92. The van der Waals surface area contributed by atoms with E-state index >= 15 is 0 Å². The summed E-state index contributed by atoms with van der Waals surface area (Å²) in [7, 11) is -2.46. The second-order valence-electron chi connectivity index (χ2n) is 5.04. The molecule has 3 rings (SSSR count). The molecule has 1 amide bonds. The van der Waals surface area contributed by atoms with Crippen molar-refractivity contribution in [3.63, 3.8) is 0 Å². The number of nitrogens with one attached hydrogen (secondary N) is 1. The quantitative estimate of drug-likeness (QED) is 0.834. The lowest BCUT2D eigenvalue weighted by atomic mass is 10.1. The van der Waals surface area contributed by atoms with Crippen molar-refractivity contribution in [2.24, 2.45) is 0 Å². The highest BCUT2D eigenvalue weighted by Gasteiger charge is 2.35. The largest absolute Gasteiger partial charge is 0.495 e. The molecule has 0 bridgehead atoms. The fourth-order valence-electron chi connectivity index (χ4n) is 2.29. The van der Waals surface area contributed by atoms with E-state index in [9.17, 15) is 13.2 Å². The Balaban J connectivity index is 2.01. The fraction of sp³-hybridized carbons (Fsp3) is 0.118. The van der Waals surface area contributed by atoms with Gasteiger partial charge in [0.25, 0.3) is 5.91 Å².